The Kier molecular flexibility index (Phi) is 8.26. The highest BCUT2D eigenvalue weighted by molar-refractivity contribution is 6.33. The normalized spacial score (nSPS) is 22.0. The van der Waals surface area contributed by atoms with E-state index in [1.165, 1.54) is 0 Å². The number of nitrogens with zero attached hydrogens (tertiary/aromatic N) is 3. The van der Waals surface area contributed by atoms with Gasteiger partial charge in [0.25, 0.3) is 5.91 Å². The van der Waals surface area contributed by atoms with Gasteiger partial charge in [0.05, 0.1) is 11.6 Å². The lowest BCUT2D eigenvalue weighted by molar-refractivity contribution is -0.164. The van der Waals surface area contributed by atoms with E-state index in [0.717, 1.165) is 51.3 Å². The number of piperazine rings is 1. The number of carbonyl (C=O) groups excluding carboxylic acids is 1. The van der Waals surface area contributed by atoms with Crippen molar-refractivity contribution in [1.29, 1.82) is 0 Å². The van der Waals surface area contributed by atoms with Crippen LogP contribution in [0.25, 0.3) is 4.85 Å². The van der Waals surface area contributed by atoms with Crippen LogP contribution >= 0.6 is 11.6 Å². The Labute approximate surface area is 232 Å². The minimum Gasteiger partial charge on any atom is -0.489 e. The van der Waals surface area contributed by atoms with E-state index in [-0.39, 0.29) is 28.9 Å². The molecule has 2 aromatic carbocycles. The van der Waals surface area contributed by atoms with E-state index in [1.807, 2.05) is 24.3 Å². The SMILES string of the molecule is [C-]#[N+]c1ccc(OC2C(C)(C)C(NC(=O)c3ccc(N4CCN(CCCC#C)CC4)cc3)C2(C)C)cc1Cl. The van der Waals surface area contributed by atoms with Crippen molar-refractivity contribution in [2.75, 3.05) is 37.6 Å². The van der Waals surface area contributed by atoms with Gasteiger partial charge in [-0.15, -0.1) is 12.3 Å². The Morgan fingerprint density at radius 3 is 2.37 bits per heavy atom. The first-order valence-corrected chi connectivity index (χ1v) is 13.6. The quantitative estimate of drug-likeness (QED) is 0.256. The summed E-state index contributed by atoms with van der Waals surface area (Å²) in [6.07, 6.45) is 7.11. The Morgan fingerprint density at radius 2 is 1.79 bits per heavy atom. The van der Waals surface area contributed by atoms with Crippen LogP contribution in [0.1, 0.15) is 50.9 Å². The van der Waals surface area contributed by atoms with Crippen LogP contribution in [-0.2, 0) is 0 Å². The number of carbonyl (C=O) groups is 1. The summed E-state index contributed by atoms with van der Waals surface area (Å²) in [4.78, 5) is 21.5. The third kappa shape index (κ3) is 5.63. The summed E-state index contributed by atoms with van der Waals surface area (Å²) in [5.74, 6) is 3.26. The molecule has 7 heteroatoms. The molecule has 0 spiro atoms. The summed E-state index contributed by atoms with van der Waals surface area (Å²) in [6, 6.07) is 13.0. The maximum absolute atomic E-state index is 13.2. The van der Waals surface area contributed by atoms with E-state index in [2.05, 4.69) is 53.6 Å². The molecule has 6 nitrogen and oxygen atoms in total. The van der Waals surface area contributed by atoms with Gasteiger partial charge in [0.1, 0.15) is 11.9 Å². The van der Waals surface area contributed by atoms with Crippen LogP contribution in [0.15, 0.2) is 42.5 Å². The number of terminal acetylenes is 1. The van der Waals surface area contributed by atoms with Gasteiger partial charge in [-0.1, -0.05) is 45.4 Å². The second-order valence-electron chi connectivity index (χ2n) is 11.5. The van der Waals surface area contributed by atoms with Crippen LogP contribution in [0.5, 0.6) is 5.75 Å². The molecule has 1 aliphatic heterocycles. The van der Waals surface area contributed by atoms with Crippen molar-refractivity contribution >= 4 is 28.9 Å². The molecule has 1 saturated heterocycles. The van der Waals surface area contributed by atoms with Crippen molar-refractivity contribution in [2.24, 2.45) is 10.8 Å². The minimum atomic E-state index is -0.302. The molecule has 2 aromatic rings. The highest BCUT2D eigenvalue weighted by atomic mass is 35.5. The molecule has 0 atom stereocenters. The smallest absolute Gasteiger partial charge is 0.251 e. The van der Waals surface area contributed by atoms with E-state index < -0.39 is 0 Å². The average Bonchev–Trinajstić information content (AvgIpc) is 2.90. The second-order valence-corrected chi connectivity index (χ2v) is 11.9. The van der Waals surface area contributed by atoms with E-state index in [4.69, 9.17) is 29.3 Å². The third-order valence-corrected chi connectivity index (χ3v) is 8.37. The third-order valence-electron chi connectivity index (χ3n) is 8.07. The monoisotopic (exact) mass is 532 g/mol. The first kappa shape index (κ1) is 27.8. The molecule has 4 rings (SSSR count). The molecule has 0 bridgehead atoms. The number of unbranched alkanes of at least 4 members (excludes halogenated alkanes) is 1. The summed E-state index contributed by atoms with van der Waals surface area (Å²) in [5.41, 5.74) is 1.60. The summed E-state index contributed by atoms with van der Waals surface area (Å²) in [6.45, 7) is 20.7. The summed E-state index contributed by atoms with van der Waals surface area (Å²) >= 11 is 6.21. The van der Waals surface area contributed by atoms with Crippen molar-refractivity contribution < 1.29 is 9.53 Å². The lowest BCUT2D eigenvalue weighted by Crippen LogP contribution is -2.74. The molecule has 38 heavy (non-hydrogen) atoms. The fourth-order valence-electron chi connectivity index (χ4n) is 6.26. The van der Waals surface area contributed by atoms with E-state index in [1.54, 1.807) is 18.2 Å². The van der Waals surface area contributed by atoms with Gasteiger partial charge in [-0.3, -0.25) is 9.69 Å². The molecular formula is C31H37ClN4O2. The zero-order chi connectivity index (χ0) is 27.5. The Morgan fingerprint density at radius 1 is 1.13 bits per heavy atom. The van der Waals surface area contributed by atoms with Crippen LogP contribution in [0, 0.1) is 29.7 Å². The number of hydrogen-bond acceptors (Lipinski definition) is 4. The van der Waals surface area contributed by atoms with Gasteiger partial charge in [0.2, 0.25) is 5.69 Å². The Bertz CT molecular complexity index is 1220. The summed E-state index contributed by atoms with van der Waals surface area (Å²) in [5, 5.41) is 3.65. The van der Waals surface area contributed by atoms with E-state index >= 15 is 0 Å². The molecule has 1 amide bonds. The largest absolute Gasteiger partial charge is 0.489 e. The van der Waals surface area contributed by atoms with Crippen LogP contribution in [0.3, 0.4) is 0 Å². The molecule has 2 aliphatic rings. The summed E-state index contributed by atoms with van der Waals surface area (Å²) in [7, 11) is 0. The lowest BCUT2D eigenvalue weighted by Gasteiger charge is -2.63. The standard InChI is InChI=1S/C31H37ClN4O2/c1-7-8-9-16-35-17-19-36(20-18-35)23-12-10-22(11-13-23)27(37)34-28-30(2,3)29(31(28,4)5)38-24-14-15-26(33-6)25(32)21-24/h1,10-15,21,28-29H,8-9,16-20H2,2-5H3,(H,34,37). The van der Waals surface area contributed by atoms with Crippen molar-refractivity contribution in [3.8, 4) is 18.1 Å². The predicted octanol–water partition coefficient (Wildman–Crippen LogP) is 6.04. The number of amides is 1. The molecular weight excluding hydrogens is 496 g/mol. The zero-order valence-corrected chi connectivity index (χ0v) is 23.5. The van der Waals surface area contributed by atoms with Crippen molar-refractivity contribution in [3.63, 3.8) is 0 Å². The minimum absolute atomic E-state index is 0.0762. The average molecular weight is 533 g/mol. The molecule has 1 heterocycles. The van der Waals surface area contributed by atoms with Gasteiger partial charge >= 0.3 is 0 Å². The van der Waals surface area contributed by atoms with Crippen molar-refractivity contribution in [1.82, 2.24) is 10.2 Å². The maximum atomic E-state index is 13.2. The predicted molar refractivity (Wildman–Crippen MR) is 154 cm³/mol. The molecule has 0 radical (unpaired) electrons. The van der Waals surface area contributed by atoms with Gasteiger partial charge in [-0.05, 0) is 49.4 Å². The van der Waals surface area contributed by atoms with Crippen LogP contribution in [0.4, 0.5) is 11.4 Å². The number of anilines is 1. The van der Waals surface area contributed by atoms with E-state index in [0.29, 0.717) is 22.0 Å². The van der Waals surface area contributed by atoms with Crippen molar-refractivity contribution in [3.05, 3.63) is 64.5 Å². The van der Waals surface area contributed by atoms with Gasteiger partial charge in [0, 0.05) is 60.7 Å². The highest BCUT2D eigenvalue weighted by Gasteiger charge is 2.64. The number of benzene rings is 2. The first-order valence-electron chi connectivity index (χ1n) is 13.2. The topological polar surface area (TPSA) is 49.2 Å². The molecule has 1 saturated carbocycles. The molecule has 0 unspecified atom stereocenters. The number of halogens is 1. The fraction of sp³-hybridized carbons (Fsp3) is 0.484. The number of ether oxygens (including phenoxy) is 1. The molecule has 1 N–H and O–H groups in total. The fourth-order valence-corrected chi connectivity index (χ4v) is 6.47. The van der Waals surface area contributed by atoms with Gasteiger partial charge in [-0.2, -0.15) is 0 Å². The number of rotatable bonds is 8. The molecule has 200 valence electrons. The highest BCUT2D eigenvalue weighted by Crippen LogP contribution is 2.55. The van der Waals surface area contributed by atoms with Crippen LogP contribution in [-0.4, -0.2) is 55.7 Å². The van der Waals surface area contributed by atoms with Crippen LogP contribution < -0.4 is 15.0 Å². The van der Waals surface area contributed by atoms with Gasteiger partial charge in [-0.25, -0.2) is 4.85 Å². The molecule has 2 fully saturated rings. The van der Waals surface area contributed by atoms with E-state index in [9.17, 15) is 4.79 Å². The van der Waals surface area contributed by atoms with Gasteiger partial charge in [0.15, 0.2) is 0 Å². The Hall–Kier alpha value is -3.19. The molecule has 0 aromatic heterocycles. The second kappa shape index (κ2) is 11.3. The zero-order valence-electron chi connectivity index (χ0n) is 22.8. The Balaban J connectivity index is 1.34. The molecule has 1 aliphatic carbocycles. The number of hydrogen-bond donors (Lipinski definition) is 1. The first-order chi connectivity index (χ1) is 18.1. The van der Waals surface area contributed by atoms with Gasteiger partial charge < -0.3 is 15.0 Å². The van der Waals surface area contributed by atoms with Crippen molar-refractivity contribution in [2.45, 2.75) is 52.7 Å². The number of nitrogens with one attached hydrogen (secondary N) is 1. The van der Waals surface area contributed by atoms with Crippen LogP contribution in [0.2, 0.25) is 5.02 Å². The lowest BCUT2D eigenvalue weighted by atomic mass is 9.49. The maximum Gasteiger partial charge on any atom is 0.251 e. The summed E-state index contributed by atoms with van der Waals surface area (Å²) < 4.78 is 6.34.